The van der Waals surface area contributed by atoms with Gasteiger partial charge in [0.05, 0.1) is 13.2 Å². The Bertz CT molecular complexity index is 215. The van der Waals surface area contributed by atoms with Crippen LogP contribution >= 0.6 is 0 Å². The quantitative estimate of drug-likeness (QED) is 0.585. The van der Waals surface area contributed by atoms with E-state index in [1.165, 1.54) is 38.5 Å². The molecule has 1 fully saturated rings. The molecule has 0 aliphatic carbocycles. The summed E-state index contributed by atoms with van der Waals surface area (Å²) in [4.78, 5) is 0. The van der Waals surface area contributed by atoms with Crippen LogP contribution in [0.3, 0.4) is 0 Å². The minimum atomic E-state index is 0.377. The van der Waals surface area contributed by atoms with Gasteiger partial charge >= 0.3 is 0 Å². The van der Waals surface area contributed by atoms with E-state index >= 15 is 0 Å². The monoisotopic (exact) mass is 271 g/mol. The highest BCUT2D eigenvalue weighted by atomic mass is 16.5. The molecule has 0 aromatic carbocycles. The molecule has 1 rings (SSSR count). The number of ether oxygens (including phenoxy) is 2. The van der Waals surface area contributed by atoms with Crippen molar-refractivity contribution in [3.8, 4) is 0 Å². The molecular weight excluding hydrogens is 238 g/mol. The van der Waals surface area contributed by atoms with Gasteiger partial charge in [0.1, 0.15) is 0 Å². The molecule has 0 saturated carbocycles. The minimum absolute atomic E-state index is 0.377. The second-order valence-corrected chi connectivity index (χ2v) is 6.09. The van der Waals surface area contributed by atoms with Gasteiger partial charge in [0.2, 0.25) is 0 Å². The molecule has 1 N–H and O–H groups in total. The number of unbranched alkanes of at least 4 members (excludes halogenated alkanes) is 1. The van der Waals surface area contributed by atoms with E-state index in [1.54, 1.807) is 7.11 Å². The molecule has 1 saturated heterocycles. The summed E-state index contributed by atoms with van der Waals surface area (Å²) in [5.74, 6) is 0.867. The fourth-order valence-corrected chi connectivity index (χ4v) is 3.11. The van der Waals surface area contributed by atoms with Gasteiger partial charge in [-0.15, -0.1) is 0 Å². The molecule has 19 heavy (non-hydrogen) atoms. The average molecular weight is 271 g/mol. The molecule has 0 spiro atoms. The van der Waals surface area contributed by atoms with Crippen LogP contribution in [0.2, 0.25) is 0 Å². The maximum absolute atomic E-state index is 5.70. The maximum atomic E-state index is 5.70. The highest BCUT2D eigenvalue weighted by molar-refractivity contribution is 4.87. The van der Waals surface area contributed by atoms with E-state index in [-0.39, 0.29) is 0 Å². The van der Waals surface area contributed by atoms with Gasteiger partial charge in [-0.1, -0.05) is 39.5 Å². The van der Waals surface area contributed by atoms with E-state index in [0.717, 1.165) is 38.8 Å². The summed E-state index contributed by atoms with van der Waals surface area (Å²) >= 11 is 0. The number of methoxy groups -OCH3 is 1. The van der Waals surface area contributed by atoms with Crippen molar-refractivity contribution in [2.45, 2.75) is 52.4 Å². The molecule has 0 bridgehead atoms. The fraction of sp³-hybridized carbons (Fsp3) is 1.00. The van der Waals surface area contributed by atoms with Gasteiger partial charge < -0.3 is 14.8 Å². The van der Waals surface area contributed by atoms with Crippen molar-refractivity contribution < 1.29 is 9.47 Å². The number of nitrogens with one attached hydrogen (secondary N) is 1. The van der Waals surface area contributed by atoms with E-state index in [2.05, 4.69) is 19.2 Å². The lowest BCUT2D eigenvalue weighted by atomic mass is 9.76. The largest absolute Gasteiger partial charge is 0.383 e. The van der Waals surface area contributed by atoms with Crippen LogP contribution in [0.5, 0.6) is 0 Å². The summed E-state index contributed by atoms with van der Waals surface area (Å²) in [5.41, 5.74) is 0.377. The summed E-state index contributed by atoms with van der Waals surface area (Å²) in [6, 6.07) is 0. The molecule has 1 aliphatic rings. The molecule has 1 heterocycles. The summed E-state index contributed by atoms with van der Waals surface area (Å²) in [7, 11) is 1.76. The van der Waals surface area contributed by atoms with Crippen molar-refractivity contribution in [3.63, 3.8) is 0 Å². The zero-order valence-electron chi connectivity index (χ0n) is 13.2. The standard InChI is InChI=1S/C16H33NO2/c1-4-6-7-15(5-2)12-16(8-10-19-14-16)13-17-9-11-18-3/h15,17H,4-14H2,1-3H3. The summed E-state index contributed by atoms with van der Waals surface area (Å²) in [6.07, 6.45) is 7.91. The zero-order valence-corrected chi connectivity index (χ0v) is 13.2. The van der Waals surface area contributed by atoms with Crippen LogP contribution in [-0.2, 0) is 9.47 Å². The number of rotatable bonds is 11. The predicted octanol–water partition coefficient (Wildman–Crippen LogP) is 3.24. The third kappa shape index (κ3) is 6.24. The second-order valence-electron chi connectivity index (χ2n) is 6.09. The van der Waals surface area contributed by atoms with E-state index in [4.69, 9.17) is 9.47 Å². The Balaban J connectivity index is 2.40. The Morgan fingerprint density at radius 2 is 2.21 bits per heavy atom. The Morgan fingerprint density at radius 1 is 1.37 bits per heavy atom. The minimum Gasteiger partial charge on any atom is -0.383 e. The first kappa shape index (κ1) is 16.9. The first-order valence-corrected chi connectivity index (χ1v) is 8.03. The van der Waals surface area contributed by atoms with Gasteiger partial charge in [-0.3, -0.25) is 0 Å². The first-order chi connectivity index (χ1) is 9.26. The molecule has 3 heteroatoms. The highest BCUT2D eigenvalue weighted by Crippen LogP contribution is 2.37. The Kier molecular flexibility index (Phi) is 8.67. The van der Waals surface area contributed by atoms with Gasteiger partial charge in [0.15, 0.2) is 0 Å². The molecule has 1 aliphatic heterocycles. The van der Waals surface area contributed by atoms with E-state index in [0.29, 0.717) is 5.41 Å². The molecule has 2 atom stereocenters. The highest BCUT2D eigenvalue weighted by Gasteiger charge is 2.36. The van der Waals surface area contributed by atoms with Gasteiger partial charge in [0, 0.05) is 32.2 Å². The summed E-state index contributed by atoms with van der Waals surface area (Å²) in [6.45, 7) is 9.33. The van der Waals surface area contributed by atoms with Crippen molar-refractivity contribution in [1.82, 2.24) is 5.32 Å². The predicted molar refractivity (Wildman–Crippen MR) is 80.5 cm³/mol. The van der Waals surface area contributed by atoms with Gasteiger partial charge in [0.25, 0.3) is 0 Å². The number of hydrogen-bond acceptors (Lipinski definition) is 3. The topological polar surface area (TPSA) is 30.5 Å². The maximum Gasteiger partial charge on any atom is 0.0587 e. The summed E-state index contributed by atoms with van der Waals surface area (Å²) < 4.78 is 10.8. The smallest absolute Gasteiger partial charge is 0.0587 e. The zero-order chi connectivity index (χ0) is 14.0. The second kappa shape index (κ2) is 9.73. The lowest BCUT2D eigenvalue weighted by Gasteiger charge is -2.32. The van der Waals surface area contributed by atoms with Gasteiger partial charge in [-0.25, -0.2) is 0 Å². The first-order valence-electron chi connectivity index (χ1n) is 8.03. The van der Waals surface area contributed by atoms with Crippen LogP contribution in [0.4, 0.5) is 0 Å². The SMILES string of the molecule is CCCCC(CC)CC1(CNCCOC)CCOC1. The fourth-order valence-electron chi connectivity index (χ4n) is 3.11. The van der Waals surface area contributed by atoms with Crippen LogP contribution in [-0.4, -0.2) is 40.0 Å². The third-order valence-electron chi connectivity index (χ3n) is 4.43. The normalized spacial score (nSPS) is 24.8. The van der Waals surface area contributed by atoms with Crippen molar-refractivity contribution >= 4 is 0 Å². The van der Waals surface area contributed by atoms with Crippen molar-refractivity contribution in [3.05, 3.63) is 0 Å². The van der Waals surface area contributed by atoms with Crippen LogP contribution in [0.25, 0.3) is 0 Å². The van der Waals surface area contributed by atoms with Crippen molar-refractivity contribution in [2.24, 2.45) is 11.3 Å². The van der Waals surface area contributed by atoms with Crippen LogP contribution in [0, 0.1) is 11.3 Å². The van der Waals surface area contributed by atoms with Crippen LogP contribution in [0.1, 0.15) is 52.4 Å². The molecule has 2 unspecified atom stereocenters. The molecular formula is C16H33NO2. The molecule has 0 aromatic heterocycles. The molecule has 0 aromatic rings. The van der Waals surface area contributed by atoms with Gasteiger partial charge in [-0.2, -0.15) is 0 Å². The Morgan fingerprint density at radius 3 is 2.79 bits per heavy atom. The van der Waals surface area contributed by atoms with Gasteiger partial charge in [-0.05, 0) is 18.8 Å². The molecule has 114 valence electrons. The third-order valence-corrected chi connectivity index (χ3v) is 4.43. The summed E-state index contributed by atoms with van der Waals surface area (Å²) in [5, 5.41) is 3.55. The van der Waals surface area contributed by atoms with E-state index in [1.807, 2.05) is 0 Å². The van der Waals surface area contributed by atoms with Crippen LogP contribution < -0.4 is 5.32 Å². The molecule has 3 nitrogen and oxygen atoms in total. The van der Waals surface area contributed by atoms with Crippen LogP contribution in [0.15, 0.2) is 0 Å². The molecule has 0 radical (unpaired) electrons. The Labute approximate surface area is 119 Å². The number of hydrogen-bond donors (Lipinski definition) is 1. The van der Waals surface area contributed by atoms with E-state index < -0.39 is 0 Å². The molecule has 0 amide bonds. The lowest BCUT2D eigenvalue weighted by Crippen LogP contribution is -2.37. The van der Waals surface area contributed by atoms with Crippen molar-refractivity contribution in [2.75, 3.05) is 40.0 Å². The van der Waals surface area contributed by atoms with Crippen molar-refractivity contribution in [1.29, 1.82) is 0 Å². The Hall–Kier alpha value is -0.120. The lowest BCUT2D eigenvalue weighted by molar-refractivity contribution is 0.123. The average Bonchev–Trinajstić information content (AvgIpc) is 2.88. The van der Waals surface area contributed by atoms with E-state index in [9.17, 15) is 0 Å².